The van der Waals surface area contributed by atoms with Gasteiger partial charge in [0.2, 0.25) is 5.28 Å². The molecule has 0 atom stereocenters. The van der Waals surface area contributed by atoms with Gasteiger partial charge in [-0.25, -0.2) is 9.67 Å². The summed E-state index contributed by atoms with van der Waals surface area (Å²) in [5, 5.41) is 4.56. The summed E-state index contributed by atoms with van der Waals surface area (Å²) in [5.74, 6) is 0.994. The van der Waals surface area contributed by atoms with Crippen molar-refractivity contribution < 1.29 is 4.79 Å². The van der Waals surface area contributed by atoms with Crippen LogP contribution in [0.2, 0.25) is 5.28 Å². The molecule has 1 saturated carbocycles. The van der Waals surface area contributed by atoms with Gasteiger partial charge in [-0.05, 0) is 24.4 Å². The van der Waals surface area contributed by atoms with Crippen LogP contribution in [0.4, 0.5) is 0 Å². The average molecular weight is 249 g/mol. The first-order chi connectivity index (χ1) is 8.28. The molecule has 0 unspecified atom stereocenters. The number of halogens is 1. The summed E-state index contributed by atoms with van der Waals surface area (Å²) in [6, 6.07) is 1.70. The summed E-state index contributed by atoms with van der Waals surface area (Å²) in [6.07, 6.45) is 6.27. The molecule has 0 aliphatic heterocycles. The minimum atomic E-state index is 0.165. The zero-order chi connectivity index (χ0) is 11.8. The SMILES string of the molecule is O=Cc1cn(-c2ccnc(Cl)n2)nc1C1CC1. The predicted molar refractivity (Wildman–Crippen MR) is 61.5 cm³/mol. The first-order valence-corrected chi connectivity index (χ1v) is 5.69. The highest BCUT2D eigenvalue weighted by molar-refractivity contribution is 6.28. The molecule has 0 aromatic carbocycles. The van der Waals surface area contributed by atoms with Crippen LogP contribution >= 0.6 is 11.6 Å². The maximum atomic E-state index is 11.0. The second-order valence-electron chi connectivity index (χ2n) is 3.99. The lowest BCUT2D eigenvalue weighted by atomic mass is 10.2. The Bertz CT molecular complexity index is 577. The smallest absolute Gasteiger partial charge is 0.224 e. The van der Waals surface area contributed by atoms with Gasteiger partial charge in [-0.1, -0.05) is 0 Å². The molecule has 1 aliphatic rings. The van der Waals surface area contributed by atoms with Crippen molar-refractivity contribution in [2.24, 2.45) is 0 Å². The van der Waals surface area contributed by atoms with Crippen molar-refractivity contribution in [3.05, 3.63) is 35.0 Å². The van der Waals surface area contributed by atoms with Gasteiger partial charge >= 0.3 is 0 Å². The summed E-state index contributed by atoms with van der Waals surface area (Å²) in [7, 11) is 0. The second-order valence-corrected chi connectivity index (χ2v) is 4.33. The van der Waals surface area contributed by atoms with Crippen molar-refractivity contribution in [1.82, 2.24) is 19.7 Å². The molecule has 1 aliphatic carbocycles. The molecule has 0 amide bonds. The van der Waals surface area contributed by atoms with Gasteiger partial charge in [-0.3, -0.25) is 4.79 Å². The molecule has 2 aromatic rings. The van der Waals surface area contributed by atoms with Crippen LogP contribution in [0, 0.1) is 0 Å². The van der Waals surface area contributed by atoms with E-state index in [1.54, 1.807) is 23.1 Å². The Kier molecular flexibility index (Phi) is 2.40. The molecule has 2 aromatic heterocycles. The van der Waals surface area contributed by atoms with E-state index in [9.17, 15) is 4.79 Å². The standard InChI is InChI=1S/C11H9ClN4O/c12-11-13-4-3-9(14-11)16-5-8(6-17)10(15-16)7-1-2-7/h3-7H,1-2H2. The van der Waals surface area contributed by atoms with Crippen molar-refractivity contribution in [3.63, 3.8) is 0 Å². The van der Waals surface area contributed by atoms with Crippen LogP contribution in [-0.4, -0.2) is 26.0 Å². The zero-order valence-electron chi connectivity index (χ0n) is 8.88. The number of aromatic nitrogens is 4. The number of hydrogen-bond acceptors (Lipinski definition) is 4. The van der Waals surface area contributed by atoms with Gasteiger partial charge in [0.1, 0.15) is 0 Å². The maximum absolute atomic E-state index is 11.0. The van der Waals surface area contributed by atoms with Gasteiger partial charge in [0.05, 0.1) is 11.3 Å². The monoisotopic (exact) mass is 248 g/mol. The van der Waals surface area contributed by atoms with Crippen LogP contribution in [-0.2, 0) is 0 Å². The highest BCUT2D eigenvalue weighted by Crippen LogP contribution is 2.40. The second kappa shape index (κ2) is 3.92. The summed E-state index contributed by atoms with van der Waals surface area (Å²) in [5.41, 5.74) is 1.48. The largest absolute Gasteiger partial charge is 0.298 e. The van der Waals surface area contributed by atoms with Crippen molar-refractivity contribution >= 4 is 17.9 Å². The lowest BCUT2D eigenvalue weighted by molar-refractivity contribution is 0.112. The minimum Gasteiger partial charge on any atom is -0.298 e. The van der Waals surface area contributed by atoms with Crippen molar-refractivity contribution in [2.45, 2.75) is 18.8 Å². The molecule has 2 heterocycles. The van der Waals surface area contributed by atoms with E-state index in [0.29, 0.717) is 17.3 Å². The summed E-state index contributed by atoms with van der Waals surface area (Å²) in [6.45, 7) is 0. The van der Waals surface area contributed by atoms with Crippen LogP contribution in [0.15, 0.2) is 18.5 Å². The lowest BCUT2D eigenvalue weighted by Gasteiger charge is -1.98. The predicted octanol–water partition coefficient (Wildman–Crippen LogP) is 2.01. The number of nitrogens with zero attached hydrogens (tertiary/aromatic N) is 4. The molecule has 0 spiro atoms. The van der Waals surface area contributed by atoms with Gasteiger partial charge < -0.3 is 0 Å². The highest BCUT2D eigenvalue weighted by Gasteiger charge is 2.29. The van der Waals surface area contributed by atoms with Crippen LogP contribution in [0.5, 0.6) is 0 Å². The number of hydrogen-bond donors (Lipinski definition) is 0. The fourth-order valence-electron chi connectivity index (χ4n) is 1.74. The molecule has 0 saturated heterocycles. The van der Waals surface area contributed by atoms with Crippen LogP contribution in [0.25, 0.3) is 5.82 Å². The van der Waals surface area contributed by atoms with E-state index in [-0.39, 0.29) is 5.28 Å². The number of carbonyl (C=O) groups is 1. The van der Waals surface area contributed by atoms with E-state index in [2.05, 4.69) is 15.1 Å². The fourth-order valence-corrected chi connectivity index (χ4v) is 1.88. The van der Waals surface area contributed by atoms with Gasteiger partial charge in [0.25, 0.3) is 0 Å². The topological polar surface area (TPSA) is 60.7 Å². The van der Waals surface area contributed by atoms with Gasteiger partial charge in [0.15, 0.2) is 12.1 Å². The summed E-state index contributed by atoms with van der Waals surface area (Å²) < 4.78 is 1.57. The molecule has 1 fully saturated rings. The fraction of sp³-hybridized carbons (Fsp3) is 0.273. The Labute approximate surface area is 102 Å². The molecular weight excluding hydrogens is 240 g/mol. The normalized spacial score (nSPS) is 14.9. The van der Waals surface area contributed by atoms with E-state index >= 15 is 0 Å². The Hall–Kier alpha value is -1.75. The molecule has 5 nitrogen and oxygen atoms in total. The Morgan fingerprint density at radius 1 is 1.47 bits per heavy atom. The average Bonchev–Trinajstić information content (AvgIpc) is 3.08. The third-order valence-corrected chi connectivity index (χ3v) is 2.89. The van der Waals surface area contributed by atoms with E-state index < -0.39 is 0 Å². The Balaban J connectivity index is 2.06. The Morgan fingerprint density at radius 3 is 2.94 bits per heavy atom. The third kappa shape index (κ3) is 1.93. The van der Waals surface area contributed by atoms with Crippen molar-refractivity contribution in [2.75, 3.05) is 0 Å². The van der Waals surface area contributed by atoms with Crippen molar-refractivity contribution in [1.29, 1.82) is 0 Å². The molecule has 17 heavy (non-hydrogen) atoms. The zero-order valence-corrected chi connectivity index (χ0v) is 9.63. The molecule has 86 valence electrons. The van der Waals surface area contributed by atoms with Gasteiger partial charge in [-0.15, -0.1) is 0 Å². The first kappa shape index (κ1) is 10.4. The highest BCUT2D eigenvalue weighted by atomic mass is 35.5. The van der Waals surface area contributed by atoms with E-state index in [0.717, 1.165) is 24.8 Å². The molecule has 3 rings (SSSR count). The maximum Gasteiger partial charge on any atom is 0.224 e. The lowest BCUT2D eigenvalue weighted by Crippen LogP contribution is -1.99. The van der Waals surface area contributed by atoms with E-state index in [4.69, 9.17) is 11.6 Å². The summed E-state index contributed by atoms with van der Waals surface area (Å²) >= 11 is 5.72. The molecule has 0 N–H and O–H groups in total. The van der Waals surface area contributed by atoms with Crippen LogP contribution in [0.1, 0.15) is 34.8 Å². The minimum absolute atomic E-state index is 0.165. The first-order valence-electron chi connectivity index (χ1n) is 5.31. The Morgan fingerprint density at radius 2 is 2.29 bits per heavy atom. The van der Waals surface area contributed by atoms with E-state index in [1.807, 2.05) is 0 Å². The quantitative estimate of drug-likeness (QED) is 0.616. The summed E-state index contributed by atoms with van der Waals surface area (Å²) in [4.78, 5) is 18.8. The van der Waals surface area contributed by atoms with Crippen LogP contribution in [0.3, 0.4) is 0 Å². The molecular formula is C11H9ClN4O. The molecule has 0 radical (unpaired) electrons. The van der Waals surface area contributed by atoms with Crippen molar-refractivity contribution in [3.8, 4) is 5.82 Å². The number of carbonyl (C=O) groups excluding carboxylic acids is 1. The van der Waals surface area contributed by atoms with E-state index in [1.165, 1.54) is 0 Å². The number of aldehydes is 1. The third-order valence-electron chi connectivity index (χ3n) is 2.71. The molecule has 6 heteroatoms. The molecule has 0 bridgehead atoms. The number of rotatable bonds is 3. The van der Waals surface area contributed by atoms with Crippen LogP contribution < -0.4 is 0 Å². The van der Waals surface area contributed by atoms with Gasteiger partial charge in [0, 0.05) is 24.4 Å². The van der Waals surface area contributed by atoms with Gasteiger partial charge in [-0.2, -0.15) is 10.1 Å².